The van der Waals surface area contributed by atoms with Crippen LogP contribution in [0.1, 0.15) is 12.8 Å². The van der Waals surface area contributed by atoms with Crippen LogP contribution in [0.25, 0.3) is 22.8 Å². The van der Waals surface area contributed by atoms with E-state index in [2.05, 4.69) is 15.5 Å². The van der Waals surface area contributed by atoms with Gasteiger partial charge in [-0.05, 0) is 30.7 Å². The molecule has 0 bridgehead atoms. The molecule has 1 heterocycles. The van der Waals surface area contributed by atoms with Crippen LogP contribution >= 0.6 is 11.6 Å². The summed E-state index contributed by atoms with van der Waals surface area (Å²) in [6.45, 7) is 0. The van der Waals surface area contributed by atoms with E-state index in [4.69, 9.17) is 30.3 Å². The van der Waals surface area contributed by atoms with Crippen molar-refractivity contribution in [3.63, 3.8) is 0 Å². The van der Waals surface area contributed by atoms with Gasteiger partial charge in [0.05, 0.1) is 32.6 Å². The zero-order valence-corrected chi connectivity index (χ0v) is 17.7. The molecule has 1 N–H and O–H groups in total. The molecule has 0 atom stereocenters. The molecule has 0 spiro atoms. The number of alkyl halides is 1. The van der Waals surface area contributed by atoms with Crippen LogP contribution in [0.2, 0.25) is 0 Å². The number of hydrogen-bond donors (Lipinski definition) is 1. The Hall–Kier alpha value is -3.26. The number of anilines is 1. The maximum absolute atomic E-state index is 12.1. The molecule has 30 heavy (non-hydrogen) atoms. The highest BCUT2D eigenvalue weighted by atomic mass is 35.5. The first kappa shape index (κ1) is 21.4. The second-order valence-corrected chi connectivity index (χ2v) is 6.60. The van der Waals surface area contributed by atoms with Crippen LogP contribution < -0.4 is 19.5 Å². The number of amides is 1. The summed E-state index contributed by atoms with van der Waals surface area (Å²) in [4.78, 5) is 16.6. The van der Waals surface area contributed by atoms with Crippen molar-refractivity contribution < 1.29 is 23.5 Å². The molecule has 0 saturated carbocycles. The fraction of sp³-hybridized carbons (Fsp3) is 0.286. The molecule has 2 aromatic carbocycles. The minimum Gasteiger partial charge on any atom is -0.493 e. The van der Waals surface area contributed by atoms with Gasteiger partial charge in [-0.2, -0.15) is 4.98 Å². The summed E-state index contributed by atoms with van der Waals surface area (Å²) in [5.41, 5.74) is 1.82. The predicted molar refractivity (Wildman–Crippen MR) is 113 cm³/mol. The van der Waals surface area contributed by atoms with Crippen molar-refractivity contribution in [2.75, 3.05) is 32.5 Å². The number of rotatable bonds is 9. The van der Waals surface area contributed by atoms with E-state index in [1.807, 2.05) is 12.1 Å². The Labute approximate surface area is 179 Å². The van der Waals surface area contributed by atoms with Crippen LogP contribution in [0.15, 0.2) is 40.9 Å². The maximum Gasteiger partial charge on any atom is 0.260 e. The topological polar surface area (TPSA) is 95.7 Å². The molecule has 0 saturated heterocycles. The number of nitrogens with zero attached hydrogens (tertiary/aromatic N) is 2. The van der Waals surface area contributed by atoms with Crippen molar-refractivity contribution in [1.29, 1.82) is 0 Å². The fourth-order valence-corrected chi connectivity index (χ4v) is 3.01. The summed E-state index contributed by atoms with van der Waals surface area (Å²) in [5, 5.41) is 6.93. The predicted octanol–water partition coefficient (Wildman–Crippen LogP) is 4.39. The van der Waals surface area contributed by atoms with Crippen LogP contribution in [-0.2, 0) is 4.79 Å². The van der Waals surface area contributed by atoms with Crippen molar-refractivity contribution >= 4 is 23.2 Å². The highest BCUT2D eigenvalue weighted by Crippen LogP contribution is 2.41. The molecule has 158 valence electrons. The third-order valence-electron chi connectivity index (χ3n) is 4.32. The zero-order valence-electron chi connectivity index (χ0n) is 16.9. The maximum atomic E-state index is 12.1. The van der Waals surface area contributed by atoms with Gasteiger partial charge in [-0.1, -0.05) is 17.3 Å². The first-order valence-corrected chi connectivity index (χ1v) is 9.74. The standard InChI is InChI=1S/C21H22ClN3O5/c1-27-16-11-13(12-17(28-2)19(16)29-3)20-24-21(30-25-20)14-7-4-5-8-15(14)23-18(26)9-6-10-22/h4-5,7-8,11-12H,6,9-10H2,1-3H3,(H,23,26). The summed E-state index contributed by atoms with van der Waals surface area (Å²) in [7, 11) is 4.60. The fourth-order valence-electron chi connectivity index (χ4n) is 2.88. The molecular weight excluding hydrogens is 410 g/mol. The van der Waals surface area contributed by atoms with Gasteiger partial charge in [0.2, 0.25) is 17.5 Å². The Morgan fingerprint density at radius 2 is 1.80 bits per heavy atom. The van der Waals surface area contributed by atoms with Crippen LogP contribution in [-0.4, -0.2) is 43.3 Å². The largest absolute Gasteiger partial charge is 0.493 e. The minimum atomic E-state index is -0.132. The van der Waals surface area contributed by atoms with Gasteiger partial charge in [-0.3, -0.25) is 4.79 Å². The highest BCUT2D eigenvalue weighted by molar-refractivity contribution is 6.18. The Morgan fingerprint density at radius 3 is 2.43 bits per heavy atom. The minimum absolute atomic E-state index is 0.132. The van der Waals surface area contributed by atoms with E-state index < -0.39 is 0 Å². The number of carbonyl (C=O) groups excluding carboxylic acids is 1. The van der Waals surface area contributed by atoms with Crippen molar-refractivity contribution in [2.45, 2.75) is 12.8 Å². The van der Waals surface area contributed by atoms with E-state index in [0.29, 0.717) is 58.6 Å². The SMILES string of the molecule is COc1cc(-c2noc(-c3ccccc3NC(=O)CCCCl)n2)cc(OC)c1OC. The van der Waals surface area contributed by atoms with Gasteiger partial charge in [0.25, 0.3) is 5.89 Å². The van der Waals surface area contributed by atoms with E-state index >= 15 is 0 Å². The van der Waals surface area contributed by atoms with Gasteiger partial charge < -0.3 is 24.1 Å². The van der Waals surface area contributed by atoms with E-state index in [0.717, 1.165) is 0 Å². The molecule has 0 unspecified atom stereocenters. The van der Waals surface area contributed by atoms with E-state index in [9.17, 15) is 4.79 Å². The van der Waals surface area contributed by atoms with Gasteiger partial charge in [-0.25, -0.2) is 0 Å². The Morgan fingerprint density at radius 1 is 1.10 bits per heavy atom. The molecule has 0 aliphatic heterocycles. The number of nitrogens with one attached hydrogen (secondary N) is 1. The van der Waals surface area contributed by atoms with Crippen molar-refractivity contribution in [2.24, 2.45) is 0 Å². The summed E-state index contributed by atoms with van der Waals surface area (Å²) < 4.78 is 21.6. The lowest BCUT2D eigenvalue weighted by molar-refractivity contribution is -0.116. The van der Waals surface area contributed by atoms with Crippen molar-refractivity contribution in [1.82, 2.24) is 10.1 Å². The van der Waals surface area contributed by atoms with Crippen LogP contribution in [0.5, 0.6) is 17.2 Å². The number of benzene rings is 2. The quantitative estimate of drug-likeness (QED) is 0.502. The molecule has 3 rings (SSSR count). The van der Waals surface area contributed by atoms with Crippen LogP contribution in [0.3, 0.4) is 0 Å². The molecule has 0 aliphatic carbocycles. The lowest BCUT2D eigenvalue weighted by Gasteiger charge is -2.12. The number of para-hydroxylation sites is 1. The average molecular weight is 432 g/mol. The monoisotopic (exact) mass is 431 g/mol. The highest BCUT2D eigenvalue weighted by Gasteiger charge is 2.19. The molecule has 0 radical (unpaired) electrons. The Bertz CT molecular complexity index is 996. The summed E-state index contributed by atoms with van der Waals surface area (Å²) in [6.07, 6.45) is 0.930. The van der Waals surface area contributed by atoms with E-state index in [-0.39, 0.29) is 11.8 Å². The first-order valence-electron chi connectivity index (χ1n) is 9.20. The summed E-state index contributed by atoms with van der Waals surface area (Å²) in [5.74, 6) is 2.33. The lowest BCUT2D eigenvalue weighted by atomic mass is 10.1. The molecule has 8 nitrogen and oxygen atoms in total. The van der Waals surface area contributed by atoms with Gasteiger partial charge in [0.1, 0.15) is 0 Å². The zero-order chi connectivity index (χ0) is 21.5. The molecule has 3 aromatic rings. The third kappa shape index (κ3) is 4.65. The normalized spacial score (nSPS) is 10.5. The average Bonchev–Trinajstić information content (AvgIpc) is 3.27. The number of ether oxygens (including phenoxy) is 3. The van der Waals surface area contributed by atoms with E-state index in [1.54, 1.807) is 24.3 Å². The Balaban J connectivity index is 1.94. The number of halogens is 1. The van der Waals surface area contributed by atoms with Gasteiger partial charge >= 0.3 is 0 Å². The third-order valence-corrected chi connectivity index (χ3v) is 4.59. The molecule has 1 amide bonds. The number of aromatic nitrogens is 2. The van der Waals surface area contributed by atoms with Crippen LogP contribution in [0.4, 0.5) is 5.69 Å². The van der Waals surface area contributed by atoms with Crippen molar-refractivity contribution in [3.05, 3.63) is 36.4 Å². The molecule has 0 fully saturated rings. The molecule has 0 aliphatic rings. The number of methoxy groups -OCH3 is 3. The van der Waals surface area contributed by atoms with Gasteiger partial charge in [-0.15, -0.1) is 11.6 Å². The lowest BCUT2D eigenvalue weighted by Crippen LogP contribution is -2.12. The Kier molecular flexibility index (Phi) is 7.13. The second kappa shape index (κ2) is 9.98. The first-order chi connectivity index (χ1) is 14.6. The number of hydrogen-bond acceptors (Lipinski definition) is 7. The van der Waals surface area contributed by atoms with E-state index in [1.165, 1.54) is 21.3 Å². The summed E-state index contributed by atoms with van der Waals surface area (Å²) in [6, 6.07) is 10.7. The smallest absolute Gasteiger partial charge is 0.260 e. The van der Waals surface area contributed by atoms with Crippen LogP contribution in [0, 0.1) is 0 Å². The van der Waals surface area contributed by atoms with Gasteiger partial charge in [0.15, 0.2) is 11.5 Å². The molecule has 1 aromatic heterocycles. The molecule has 9 heteroatoms. The number of carbonyl (C=O) groups is 1. The van der Waals surface area contributed by atoms with Gasteiger partial charge in [0, 0.05) is 17.9 Å². The second-order valence-electron chi connectivity index (χ2n) is 6.22. The summed E-state index contributed by atoms with van der Waals surface area (Å²) >= 11 is 5.66. The molecular formula is C21H22ClN3O5. The van der Waals surface area contributed by atoms with Crippen molar-refractivity contribution in [3.8, 4) is 40.1 Å².